The Kier molecular flexibility index (Phi) is 6.04. The normalized spacial score (nSPS) is 19.1. The zero-order valence-corrected chi connectivity index (χ0v) is 25.9. The van der Waals surface area contributed by atoms with Crippen LogP contribution in [0.25, 0.3) is 60.4 Å². The van der Waals surface area contributed by atoms with Crippen molar-refractivity contribution >= 4 is 55.5 Å². The fourth-order valence-corrected chi connectivity index (χ4v) is 7.30. The molecule has 0 saturated carbocycles. The number of nitrogens with one attached hydrogen (secondary N) is 3. The van der Waals surface area contributed by atoms with Gasteiger partial charge in [0.05, 0.1) is 6.54 Å². The van der Waals surface area contributed by atoms with E-state index in [9.17, 15) is 0 Å². The van der Waals surface area contributed by atoms with Crippen molar-refractivity contribution in [1.29, 1.82) is 0 Å². The first-order valence-corrected chi connectivity index (χ1v) is 16.3. The summed E-state index contributed by atoms with van der Waals surface area (Å²) < 4.78 is 13.0. The lowest BCUT2D eigenvalue weighted by Gasteiger charge is -2.37. The molecule has 10 rings (SSSR count). The van der Waals surface area contributed by atoms with E-state index in [1.165, 1.54) is 10.8 Å². The zero-order valence-electron chi connectivity index (χ0n) is 25.9. The lowest BCUT2D eigenvalue weighted by atomic mass is 9.96. The molecule has 2 aliphatic heterocycles. The van der Waals surface area contributed by atoms with E-state index in [4.69, 9.17) is 13.8 Å². The highest BCUT2D eigenvalue weighted by molar-refractivity contribution is 6.17. The summed E-state index contributed by atoms with van der Waals surface area (Å²) in [7, 11) is 0. The van der Waals surface area contributed by atoms with Crippen molar-refractivity contribution in [3.8, 4) is 11.1 Å². The van der Waals surface area contributed by atoms with Crippen molar-refractivity contribution < 1.29 is 8.83 Å². The van der Waals surface area contributed by atoms with Gasteiger partial charge in [0.2, 0.25) is 0 Å². The summed E-state index contributed by atoms with van der Waals surface area (Å²) in [5, 5.41) is 17.1. The van der Waals surface area contributed by atoms with E-state index in [1.807, 2.05) is 24.4 Å². The maximum Gasteiger partial charge on any atom is 0.142 e. The highest BCUT2D eigenvalue weighted by Crippen LogP contribution is 2.39. The minimum Gasteiger partial charge on any atom is -0.458 e. The molecule has 0 aliphatic carbocycles. The van der Waals surface area contributed by atoms with Gasteiger partial charge in [0, 0.05) is 39.1 Å². The summed E-state index contributed by atoms with van der Waals surface area (Å²) in [5.41, 5.74) is 9.08. The smallest absolute Gasteiger partial charge is 0.142 e. The van der Waals surface area contributed by atoms with Crippen molar-refractivity contribution in [2.24, 2.45) is 4.99 Å². The summed E-state index contributed by atoms with van der Waals surface area (Å²) >= 11 is 0. The number of fused-ring (bicyclic) bond motifs is 7. The molecular formula is C42H30N4O2. The number of benzene rings is 6. The Labute approximate surface area is 276 Å². The van der Waals surface area contributed by atoms with Gasteiger partial charge in [-0.3, -0.25) is 10.3 Å². The Morgan fingerprint density at radius 2 is 1.35 bits per heavy atom. The summed E-state index contributed by atoms with van der Waals surface area (Å²) in [6.45, 7) is 0.494. The van der Waals surface area contributed by atoms with Gasteiger partial charge in [0.15, 0.2) is 0 Å². The van der Waals surface area contributed by atoms with Gasteiger partial charge in [-0.2, -0.15) is 0 Å². The molecule has 4 heterocycles. The minimum absolute atomic E-state index is 0.170. The standard InChI is InChI=1S/C42H30N4O2/c1-2-10-26(11-3-1)40-44-41(33-15-8-14-31-30-13-6-7-16-35(30)48-39(31)33)46-42(45-40)34-23-43-24-37-38(34)32-20-19-29(22-36(32)47-37)28-18-17-25-9-4-5-12-27(25)21-28/h1-23,40-41,44-46H,24H2. The van der Waals surface area contributed by atoms with Crippen LogP contribution >= 0.6 is 0 Å². The van der Waals surface area contributed by atoms with Crippen molar-refractivity contribution in [3.05, 3.63) is 162 Å². The largest absolute Gasteiger partial charge is 0.458 e. The maximum atomic E-state index is 6.54. The second kappa shape index (κ2) is 10.7. The first-order valence-electron chi connectivity index (χ1n) is 16.3. The quantitative estimate of drug-likeness (QED) is 0.183. The molecule has 6 heteroatoms. The van der Waals surface area contributed by atoms with Crippen molar-refractivity contribution in [3.63, 3.8) is 0 Å². The number of rotatable bonds is 3. The van der Waals surface area contributed by atoms with Crippen LogP contribution in [0.1, 0.15) is 34.8 Å². The van der Waals surface area contributed by atoms with Crippen LogP contribution in [-0.2, 0) is 6.54 Å². The van der Waals surface area contributed by atoms with Crippen LogP contribution in [0.2, 0.25) is 0 Å². The number of hydrogen-bond acceptors (Lipinski definition) is 6. The number of hydrogen-bond donors (Lipinski definition) is 3. The molecule has 0 bridgehead atoms. The van der Waals surface area contributed by atoms with E-state index in [1.54, 1.807) is 0 Å². The third-order valence-corrected chi connectivity index (χ3v) is 9.63. The van der Waals surface area contributed by atoms with E-state index >= 15 is 0 Å². The summed E-state index contributed by atoms with van der Waals surface area (Å²) in [4.78, 5) is 4.76. The van der Waals surface area contributed by atoms with Gasteiger partial charge in [0.25, 0.3) is 0 Å². The Balaban J connectivity index is 1.10. The Hall–Kier alpha value is -6.11. The molecule has 8 aromatic rings. The molecule has 2 atom stereocenters. The third-order valence-electron chi connectivity index (χ3n) is 9.63. The predicted molar refractivity (Wildman–Crippen MR) is 193 cm³/mol. The van der Waals surface area contributed by atoms with Crippen molar-refractivity contribution in [2.45, 2.75) is 18.9 Å². The molecule has 2 aromatic heterocycles. The average molecular weight is 623 g/mol. The predicted octanol–water partition coefficient (Wildman–Crippen LogP) is 9.59. The number of para-hydroxylation sites is 2. The molecule has 2 aliphatic rings. The highest BCUT2D eigenvalue weighted by Gasteiger charge is 2.31. The fourth-order valence-electron chi connectivity index (χ4n) is 7.30. The zero-order chi connectivity index (χ0) is 31.6. The number of allylic oxidation sites excluding steroid dienone is 1. The molecule has 0 amide bonds. The van der Waals surface area contributed by atoms with Crippen LogP contribution in [0, 0.1) is 0 Å². The van der Waals surface area contributed by atoms with Crippen LogP contribution in [0.15, 0.2) is 153 Å². The third kappa shape index (κ3) is 4.34. The van der Waals surface area contributed by atoms with Gasteiger partial charge in [-0.15, -0.1) is 0 Å². The van der Waals surface area contributed by atoms with Crippen molar-refractivity contribution in [1.82, 2.24) is 16.0 Å². The molecule has 230 valence electrons. The van der Waals surface area contributed by atoms with Crippen molar-refractivity contribution in [2.75, 3.05) is 0 Å². The van der Waals surface area contributed by atoms with E-state index in [0.29, 0.717) is 6.54 Å². The van der Waals surface area contributed by atoms with Crippen LogP contribution in [0.5, 0.6) is 0 Å². The van der Waals surface area contributed by atoms with Gasteiger partial charge in [0.1, 0.15) is 40.7 Å². The maximum absolute atomic E-state index is 6.54. The molecule has 0 spiro atoms. The second-order valence-electron chi connectivity index (χ2n) is 12.5. The van der Waals surface area contributed by atoms with Gasteiger partial charge >= 0.3 is 0 Å². The SMILES string of the molecule is C1=NCc2oc3cc(-c4ccc5ccccc5c4)ccc3c2C1=C1NC(c2ccccc2)NC(c2cccc3c2oc2ccccc23)N1. The molecule has 3 N–H and O–H groups in total. The van der Waals surface area contributed by atoms with E-state index in [-0.39, 0.29) is 12.3 Å². The topological polar surface area (TPSA) is 74.7 Å². The molecule has 0 radical (unpaired) electrons. The summed E-state index contributed by atoms with van der Waals surface area (Å²) in [5.74, 6) is 1.74. The Bertz CT molecular complexity index is 2590. The molecule has 1 fully saturated rings. The molecule has 1 saturated heterocycles. The lowest BCUT2D eigenvalue weighted by molar-refractivity contribution is 0.312. The lowest BCUT2D eigenvalue weighted by Crippen LogP contribution is -2.51. The molecule has 48 heavy (non-hydrogen) atoms. The Morgan fingerprint density at radius 1 is 0.583 bits per heavy atom. The number of furan rings is 2. The summed E-state index contributed by atoms with van der Waals surface area (Å²) in [6, 6.07) is 46.6. The van der Waals surface area contributed by atoms with Gasteiger partial charge in [-0.25, -0.2) is 0 Å². The van der Waals surface area contributed by atoms with Gasteiger partial charge in [-0.05, 0) is 51.7 Å². The minimum atomic E-state index is -0.250. The fraction of sp³-hybridized carbons (Fsp3) is 0.0714. The second-order valence-corrected chi connectivity index (χ2v) is 12.5. The number of aliphatic imine (C=N–C) groups is 1. The van der Waals surface area contributed by atoms with E-state index in [2.05, 4.69) is 131 Å². The van der Waals surface area contributed by atoms with E-state index in [0.717, 1.165) is 77.9 Å². The summed E-state index contributed by atoms with van der Waals surface area (Å²) in [6.07, 6.45) is 1.55. The van der Waals surface area contributed by atoms with Crippen LogP contribution in [0.3, 0.4) is 0 Å². The van der Waals surface area contributed by atoms with E-state index < -0.39 is 0 Å². The monoisotopic (exact) mass is 622 g/mol. The molecule has 6 nitrogen and oxygen atoms in total. The Morgan fingerprint density at radius 3 is 2.29 bits per heavy atom. The van der Waals surface area contributed by atoms with Gasteiger partial charge in [-0.1, -0.05) is 109 Å². The molecule has 2 unspecified atom stereocenters. The molecular weight excluding hydrogens is 592 g/mol. The van der Waals surface area contributed by atoms with Gasteiger partial charge < -0.3 is 19.5 Å². The first kappa shape index (κ1) is 27.0. The van der Waals surface area contributed by atoms with Crippen LogP contribution in [0.4, 0.5) is 0 Å². The van der Waals surface area contributed by atoms with Crippen LogP contribution in [-0.4, -0.2) is 6.21 Å². The molecule has 6 aromatic carbocycles. The highest BCUT2D eigenvalue weighted by atomic mass is 16.3. The number of nitrogens with zero attached hydrogens (tertiary/aromatic N) is 1. The average Bonchev–Trinajstić information content (AvgIpc) is 3.73. The first-order chi connectivity index (χ1) is 23.8. The van der Waals surface area contributed by atoms with Crippen LogP contribution < -0.4 is 16.0 Å².